The van der Waals surface area contributed by atoms with Gasteiger partial charge in [0.1, 0.15) is 0 Å². The van der Waals surface area contributed by atoms with Crippen LogP contribution in [-0.4, -0.2) is 16.1 Å². The smallest absolute Gasteiger partial charge is 0.204 e. The molecular weight excluding hydrogens is 296 g/mol. The average Bonchev–Trinajstić information content (AvgIpc) is 2.55. The molecule has 0 heterocycles. The SMILES string of the molecule is N#C[Si](C#N)(C#N)CCCCCCC[Si](C#N)(C#N)C#N. The monoisotopic (exact) mass is 310 g/mol. The van der Waals surface area contributed by atoms with Crippen molar-refractivity contribution in [2.24, 2.45) is 0 Å². The molecule has 0 saturated carbocycles. The highest BCUT2D eigenvalue weighted by Crippen LogP contribution is 2.17. The van der Waals surface area contributed by atoms with E-state index < -0.39 is 16.1 Å². The van der Waals surface area contributed by atoms with E-state index in [0.29, 0.717) is 24.9 Å². The van der Waals surface area contributed by atoms with Crippen LogP contribution < -0.4 is 0 Å². The molecule has 0 aliphatic carbocycles. The van der Waals surface area contributed by atoms with Crippen LogP contribution in [0.1, 0.15) is 32.1 Å². The molecule has 6 nitrogen and oxygen atoms in total. The van der Waals surface area contributed by atoms with Crippen molar-refractivity contribution < 1.29 is 0 Å². The zero-order chi connectivity index (χ0) is 16.2. The van der Waals surface area contributed by atoms with E-state index in [1.807, 2.05) is 34.2 Å². The predicted molar refractivity (Wildman–Crippen MR) is 77.9 cm³/mol. The van der Waals surface area contributed by atoms with Crippen molar-refractivity contribution in [2.75, 3.05) is 0 Å². The molecule has 0 fully saturated rings. The summed E-state index contributed by atoms with van der Waals surface area (Å²) in [5, 5.41) is 53.2. The molecule has 104 valence electrons. The topological polar surface area (TPSA) is 143 Å². The molecule has 0 N–H and O–H groups in total. The van der Waals surface area contributed by atoms with Gasteiger partial charge in [0.2, 0.25) is 0 Å². The standard InChI is InChI=1S/C13H14N6Si2/c14-8-20(9-15,10-16)6-4-2-1-3-5-7-21(11-17,12-18)13-19/h1-7H2. The Morgan fingerprint density at radius 1 is 0.429 bits per heavy atom. The Bertz CT molecular complexity index is 475. The van der Waals surface area contributed by atoms with Gasteiger partial charge in [-0.1, -0.05) is 32.1 Å². The number of hydrogen-bond acceptors (Lipinski definition) is 6. The van der Waals surface area contributed by atoms with Crippen LogP contribution in [0.3, 0.4) is 0 Å². The third-order valence-electron chi connectivity index (χ3n) is 3.25. The maximum Gasteiger partial charge on any atom is 0.390 e. The average molecular weight is 310 g/mol. The molecule has 0 aromatic carbocycles. The molecule has 0 spiro atoms. The van der Waals surface area contributed by atoms with Gasteiger partial charge >= 0.3 is 16.1 Å². The van der Waals surface area contributed by atoms with Gasteiger partial charge in [-0.25, -0.2) is 31.6 Å². The van der Waals surface area contributed by atoms with Crippen LogP contribution in [-0.2, 0) is 0 Å². The van der Waals surface area contributed by atoms with Crippen LogP contribution in [0.5, 0.6) is 0 Å². The van der Waals surface area contributed by atoms with Gasteiger partial charge in [0.05, 0.1) is 34.2 Å². The van der Waals surface area contributed by atoms with E-state index >= 15 is 0 Å². The minimum Gasteiger partial charge on any atom is -0.204 e. The van der Waals surface area contributed by atoms with Gasteiger partial charge in [0, 0.05) is 0 Å². The summed E-state index contributed by atoms with van der Waals surface area (Å²) in [6, 6.07) is 0.730. The minimum atomic E-state index is -3.04. The molecule has 0 aliphatic rings. The summed E-state index contributed by atoms with van der Waals surface area (Å²) < 4.78 is 0. The second kappa shape index (κ2) is 9.30. The third-order valence-corrected chi connectivity index (χ3v) is 7.75. The summed E-state index contributed by atoms with van der Waals surface area (Å²) in [5.74, 6) is 0. The van der Waals surface area contributed by atoms with Crippen molar-refractivity contribution in [3.05, 3.63) is 0 Å². The zero-order valence-corrected chi connectivity index (χ0v) is 13.6. The van der Waals surface area contributed by atoms with Crippen molar-refractivity contribution in [3.8, 4) is 34.2 Å². The molecule has 0 bridgehead atoms. The highest BCUT2D eigenvalue weighted by atomic mass is 28.3. The van der Waals surface area contributed by atoms with Crippen molar-refractivity contribution in [3.63, 3.8) is 0 Å². The Hall–Kier alpha value is -2.63. The zero-order valence-electron chi connectivity index (χ0n) is 11.6. The van der Waals surface area contributed by atoms with Crippen LogP contribution in [0.25, 0.3) is 0 Å². The maximum atomic E-state index is 8.87. The first-order chi connectivity index (χ1) is 10.1. The van der Waals surface area contributed by atoms with Crippen molar-refractivity contribution in [1.29, 1.82) is 31.6 Å². The molecule has 0 aliphatic heterocycles. The highest BCUT2D eigenvalue weighted by Gasteiger charge is 2.35. The van der Waals surface area contributed by atoms with Gasteiger partial charge in [-0.2, -0.15) is 0 Å². The first-order valence-corrected chi connectivity index (χ1v) is 11.0. The van der Waals surface area contributed by atoms with Crippen molar-refractivity contribution in [2.45, 2.75) is 44.2 Å². The molecule has 0 radical (unpaired) electrons. The van der Waals surface area contributed by atoms with Crippen LogP contribution in [0, 0.1) is 65.7 Å². The van der Waals surface area contributed by atoms with E-state index in [0.717, 1.165) is 19.3 Å². The van der Waals surface area contributed by atoms with Gasteiger partial charge in [0.25, 0.3) is 0 Å². The third kappa shape index (κ3) is 5.48. The summed E-state index contributed by atoms with van der Waals surface area (Å²) in [6.07, 6.45) is 3.79. The van der Waals surface area contributed by atoms with E-state index in [1.165, 1.54) is 0 Å². The number of hydrogen-bond donors (Lipinski definition) is 0. The molecule has 0 saturated heterocycles. The predicted octanol–water partition coefficient (Wildman–Crippen LogP) is 2.21. The second-order valence-corrected chi connectivity index (χ2v) is 10.7. The van der Waals surface area contributed by atoms with E-state index in [1.54, 1.807) is 0 Å². The van der Waals surface area contributed by atoms with Crippen LogP contribution in [0.4, 0.5) is 0 Å². The van der Waals surface area contributed by atoms with Gasteiger partial charge in [-0.15, -0.1) is 0 Å². The lowest BCUT2D eigenvalue weighted by Gasteiger charge is -2.07. The molecule has 21 heavy (non-hydrogen) atoms. The fourth-order valence-electron chi connectivity index (χ4n) is 1.80. The molecule has 8 heteroatoms. The Labute approximate surface area is 126 Å². The quantitative estimate of drug-likeness (QED) is 0.496. The number of rotatable bonds is 8. The van der Waals surface area contributed by atoms with Crippen LogP contribution in [0.15, 0.2) is 0 Å². The van der Waals surface area contributed by atoms with E-state index in [-0.39, 0.29) is 0 Å². The van der Waals surface area contributed by atoms with Gasteiger partial charge < -0.3 is 0 Å². The number of unbranched alkanes of at least 4 members (excludes halogenated alkanes) is 4. The molecule has 0 rings (SSSR count). The summed E-state index contributed by atoms with van der Waals surface area (Å²) in [7, 11) is -6.08. The fourth-order valence-corrected chi connectivity index (χ4v) is 4.33. The molecule has 0 unspecified atom stereocenters. The lowest BCUT2D eigenvalue weighted by molar-refractivity contribution is 0.652. The van der Waals surface area contributed by atoms with Crippen molar-refractivity contribution in [1.82, 2.24) is 0 Å². The number of nitriles is 6. The van der Waals surface area contributed by atoms with E-state index in [9.17, 15) is 0 Å². The summed E-state index contributed by atoms with van der Waals surface area (Å²) in [4.78, 5) is 0. The largest absolute Gasteiger partial charge is 0.390 e. The normalized spacial score (nSPS) is 10.0. The molecule has 0 amide bonds. The Kier molecular flexibility index (Phi) is 8.14. The Morgan fingerprint density at radius 2 is 0.667 bits per heavy atom. The second-order valence-electron chi connectivity index (χ2n) is 4.75. The molecule has 0 atom stereocenters. The maximum absolute atomic E-state index is 8.87. The van der Waals surface area contributed by atoms with Gasteiger partial charge in [-0.05, 0) is 12.1 Å². The first kappa shape index (κ1) is 18.4. The highest BCUT2D eigenvalue weighted by molar-refractivity contribution is 6.99. The van der Waals surface area contributed by atoms with Gasteiger partial charge in [-0.3, -0.25) is 0 Å². The van der Waals surface area contributed by atoms with Crippen molar-refractivity contribution >= 4 is 16.1 Å². The first-order valence-electron chi connectivity index (χ1n) is 6.55. The van der Waals surface area contributed by atoms with E-state index in [2.05, 4.69) is 0 Å². The lowest BCUT2D eigenvalue weighted by atomic mass is 10.2. The summed E-state index contributed by atoms with van der Waals surface area (Å²) in [6.45, 7) is 0. The van der Waals surface area contributed by atoms with Crippen LogP contribution >= 0.6 is 0 Å². The lowest BCUT2D eigenvalue weighted by Crippen LogP contribution is -2.29. The Balaban J connectivity index is 3.98. The van der Waals surface area contributed by atoms with Crippen LogP contribution in [0.2, 0.25) is 12.1 Å². The summed E-state index contributed by atoms with van der Waals surface area (Å²) in [5.41, 5.74) is 11.2. The summed E-state index contributed by atoms with van der Waals surface area (Å²) >= 11 is 0. The Morgan fingerprint density at radius 3 is 0.905 bits per heavy atom. The minimum absolute atomic E-state index is 0.365. The van der Waals surface area contributed by atoms with Gasteiger partial charge in [0.15, 0.2) is 0 Å². The number of nitrogens with zero attached hydrogens (tertiary/aromatic N) is 6. The molecule has 0 aromatic rings. The van der Waals surface area contributed by atoms with E-state index in [4.69, 9.17) is 31.6 Å². The fraction of sp³-hybridized carbons (Fsp3) is 0.538. The molecule has 0 aromatic heterocycles. The molecular formula is C13H14N6Si2.